The molecular weight excluding hydrogens is 179 g/mol. The van der Waals surface area contributed by atoms with Crippen LogP contribution in [0.25, 0.3) is 11.4 Å². The molecule has 14 heavy (non-hydrogen) atoms. The minimum absolute atomic E-state index is 0.0273. The smallest absolute Gasteiger partial charge is 0.201 e. The van der Waals surface area contributed by atoms with Gasteiger partial charge in [0.25, 0.3) is 0 Å². The third-order valence-electron chi connectivity index (χ3n) is 1.75. The zero-order chi connectivity index (χ0) is 9.97. The van der Waals surface area contributed by atoms with Crippen LogP contribution < -0.4 is 5.79 Å². The average molecular weight is 184 g/mol. The van der Waals surface area contributed by atoms with Crippen molar-refractivity contribution in [2.75, 3.05) is 0 Å². The minimum Gasteiger partial charge on any atom is -0.352 e. The maximum Gasteiger partial charge on any atom is 0.201 e. The van der Waals surface area contributed by atoms with E-state index in [2.05, 4.69) is 14.7 Å². The molecule has 2 radical (unpaired) electrons. The van der Waals surface area contributed by atoms with Crippen LogP contribution in [0.15, 0.2) is 28.8 Å². The van der Waals surface area contributed by atoms with E-state index < -0.39 is 0 Å². The van der Waals surface area contributed by atoms with Gasteiger partial charge in [0, 0.05) is 11.1 Å². The molecule has 0 aliphatic heterocycles. The van der Waals surface area contributed by atoms with Crippen LogP contribution in [0.3, 0.4) is 0 Å². The van der Waals surface area contributed by atoms with Crippen LogP contribution in [0.2, 0.25) is 0 Å². The zero-order valence-electron chi connectivity index (χ0n) is 7.18. The third kappa shape index (κ3) is 1.57. The molecule has 0 saturated heterocycles. The predicted octanol–water partition coefficient (Wildman–Crippen LogP) is 0.343. The monoisotopic (exact) mass is 184 g/mol. The number of carbonyl (C=O) groups is 1. The molecule has 1 heterocycles. The lowest BCUT2D eigenvalue weighted by atomic mass is 10.1. The van der Waals surface area contributed by atoms with Gasteiger partial charge in [0.05, 0.1) is 0 Å². The summed E-state index contributed by atoms with van der Waals surface area (Å²) in [6.45, 7) is 0. The third-order valence-corrected chi connectivity index (χ3v) is 1.75. The van der Waals surface area contributed by atoms with Crippen LogP contribution in [0.1, 0.15) is 10.4 Å². The number of benzene rings is 1. The number of hydrogen-bond acceptors (Lipinski definition) is 4. The standard InChI is InChI=1S/C9H5BN2O2/c10-9-11-8(12-14-9)7-3-1-6(5-13)2-4-7/h1-5H. The molecule has 0 unspecified atom stereocenters. The highest BCUT2D eigenvalue weighted by Gasteiger charge is 2.04. The fourth-order valence-corrected chi connectivity index (χ4v) is 1.06. The number of aromatic nitrogens is 2. The van der Waals surface area contributed by atoms with Crippen molar-refractivity contribution >= 4 is 19.9 Å². The fraction of sp³-hybridized carbons (Fsp3) is 0. The maximum absolute atomic E-state index is 10.4. The highest BCUT2D eigenvalue weighted by molar-refractivity contribution is 6.28. The van der Waals surface area contributed by atoms with Crippen molar-refractivity contribution < 1.29 is 9.32 Å². The molecule has 2 rings (SSSR count). The van der Waals surface area contributed by atoms with Gasteiger partial charge in [-0.05, 0) is 0 Å². The molecule has 0 N–H and O–H groups in total. The molecule has 0 atom stereocenters. The summed E-state index contributed by atoms with van der Waals surface area (Å²) in [4.78, 5) is 14.2. The summed E-state index contributed by atoms with van der Waals surface area (Å²) in [5.74, 6) is 0.444. The lowest BCUT2D eigenvalue weighted by Crippen LogP contribution is -2.00. The first kappa shape index (κ1) is 8.68. The highest BCUT2D eigenvalue weighted by atomic mass is 16.5. The summed E-state index contributed by atoms with van der Waals surface area (Å²) < 4.78 is 4.62. The Labute approximate surface area is 81.4 Å². The lowest BCUT2D eigenvalue weighted by Gasteiger charge is -1.93. The predicted molar refractivity (Wildman–Crippen MR) is 50.5 cm³/mol. The molecule has 2 aromatic rings. The van der Waals surface area contributed by atoms with Gasteiger partial charge in [0.15, 0.2) is 5.79 Å². The molecule has 0 bridgehead atoms. The summed E-state index contributed by atoms with van der Waals surface area (Å²) >= 11 is 0. The second kappa shape index (κ2) is 3.45. The first-order valence-corrected chi connectivity index (χ1v) is 3.94. The molecule has 0 aliphatic rings. The Morgan fingerprint density at radius 1 is 1.29 bits per heavy atom. The normalized spacial score (nSPS) is 10.0. The Kier molecular flexibility index (Phi) is 2.14. The fourth-order valence-electron chi connectivity index (χ4n) is 1.06. The minimum atomic E-state index is 0.0273. The van der Waals surface area contributed by atoms with Gasteiger partial charge in [-0.15, -0.1) is 0 Å². The van der Waals surface area contributed by atoms with Crippen molar-refractivity contribution in [2.45, 2.75) is 0 Å². The number of hydrogen-bond donors (Lipinski definition) is 0. The Morgan fingerprint density at radius 2 is 2.00 bits per heavy atom. The quantitative estimate of drug-likeness (QED) is 0.498. The summed E-state index contributed by atoms with van der Waals surface area (Å²) in [6.07, 6.45) is 0.772. The first-order valence-electron chi connectivity index (χ1n) is 3.94. The van der Waals surface area contributed by atoms with Gasteiger partial charge in [-0.25, -0.2) is 4.98 Å². The molecule has 0 fully saturated rings. The van der Waals surface area contributed by atoms with E-state index in [1.807, 2.05) is 0 Å². The van der Waals surface area contributed by atoms with E-state index in [4.69, 9.17) is 7.85 Å². The molecule has 0 amide bonds. The van der Waals surface area contributed by atoms with E-state index >= 15 is 0 Å². The number of rotatable bonds is 2. The van der Waals surface area contributed by atoms with E-state index in [0.29, 0.717) is 11.4 Å². The first-order chi connectivity index (χ1) is 6.79. The van der Waals surface area contributed by atoms with Crippen LogP contribution in [0.5, 0.6) is 0 Å². The van der Waals surface area contributed by atoms with Gasteiger partial charge in [0.1, 0.15) is 6.29 Å². The van der Waals surface area contributed by atoms with Crippen molar-refractivity contribution in [3.63, 3.8) is 0 Å². The largest absolute Gasteiger partial charge is 0.352 e. The molecule has 4 nitrogen and oxygen atoms in total. The SMILES string of the molecule is [B]c1nc(-c2ccc(C=O)cc2)no1. The second-order valence-electron chi connectivity index (χ2n) is 2.70. The average Bonchev–Trinajstić information content (AvgIpc) is 2.65. The van der Waals surface area contributed by atoms with E-state index in [-0.39, 0.29) is 5.79 Å². The molecule has 5 heteroatoms. The lowest BCUT2D eigenvalue weighted by molar-refractivity contribution is 0.112. The molecule has 0 spiro atoms. The van der Waals surface area contributed by atoms with E-state index in [1.165, 1.54) is 0 Å². The summed E-state index contributed by atoms with van der Waals surface area (Å²) in [7, 11) is 5.28. The van der Waals surface area contributed by atoms with Crippen molar-refractivity contribution in [1.82, 2.24) is 10.1 Å². The van der Waals surface area contributed by atoms with E-state index in [0.717, 1.165) is 11.8 Å². The van der Waals surface area contributed by atoms with Gasteiger partial charge in [-0.3, -0.25) is 4.79 Å². The molecular formula is C9H5BN2O2. The van der Waals surface area contributed by atoms with Gasteiger partial charge >= 0.3 is 0 Å². The Hall–Kier alpha value is -1.91. The van der Waals surface area contributed by atoms with Crippen LogP contribution in [-0.2, 0) is 0 Å². The van der Waals surface area contributed by atoms with E-state index in [1.54, 1.807) is 24.3 Å². The highest BCUT2D eigenvalue weighted by Crippen LogP contribution is 2.13. The maximum atomic E-state index is 10.4. The van der Waals surface area contributed by atoms with Gasteiger partial charge < -0.3 is 4.52 Å². The van der Waals surface area contributed by atoms with Gasteiger partial charge in [0.2, 0.25) is 13.7 Å². The molecule has 66 valence electrons. The molecule has 0 aliphatic carbocycles. The van der Waals surface area contributed by atoms with Crippen molar-refractivity contribution in [1.29, 1.82) is 0 Å². The number of nitrogens with zero attached hydrogens (tertiary/aromatic N) is 2. The number of aldehydes is 1. The van der Waals surface area contributed by atoms with Crippen LogP contribution in [-0.4, -0.2) is 24.3 Å². The summed E-state index contributed by atoms with van der Waals surface area (Å²) in [5.41, 5.74) is 1.36. The van der Waals surface area contributed by atoms with Crippen LogP contribution in [0, 0.1) is 0 Å². The van der Waals surface area contributed by atoms with Crippen molar-refractivity contribution in [3.05, 3.63) is 29.8 Å². The second-order valence-corrected chi connectivity index (χ2v) is 2.70. The number of carbonyl (C=O) groups excluding carboxylic acids is 1. The molecule has 0 saturated carbocycles. The summed E-state index contributed by atoms with van der Waals surface area (Å²) in [5, 5.41) is 3.64. The molecule has 1 aromatic heterocycles. The van der Waals surface area contributed by atoms with Crippen LogP contribution >= 0.6 is 0 Å². The van der Waals surface area contributed by atoms with Gasteiger partial charge in [-0.1, -0.05) is 29.4 Å². The zero-order valence-corrected chi connectivity index (χ0v) is 7.18. The Morgan fingerprint density at radius 3 is 2.50 bits per heavy atom. The Bertz CT molecular complexity index is 450. The summed E-state index contributed by atoms with van der Waals surface area (Å²) in [6, 6.07) is 6.81. The van der Waals surface area contributed by atoms with Gasteiger partial charge in [-0.2, -0.15) is 0 Å². The van der Waals surface area contributed by atoms with Crippen LogP contribution in [0.4, 0.5) is 0 Å². The van der Waals surface area contributed by atoms with E-state index in [9.17, 15) is 4.79 Å². The molecule has 1 aromatic carbocycles. The van der Waals surface area contributed by atoms with Crippen molar-refractivity contribution in [3.8, 4) is 11.4 Å². The topological polar surface area (TPSA) is 56.0 Å². The van der Waals surface area contributed by atoms with Crippen molar-refractivity contribution in [2.24, 2.45) is 0 Å². The Balaban J connectivity index is 2.38.